The van der Waals surface area contributed by atoms with Gasteiger partial charge in [0.1, 0.15) is 0 Å². The lowest BCUT2D eigenvalue weighted by molar-refractivity contribution is -0.178. The highest BCUT2D eigenvalue weighted by molar-refractivity contribution is 5.70. The fraction of sp³-hybridized carbons (Fsp3) is 0.955. The highest BCUT2D eigenvalue weighted by Crippen LogP contribution is 2.68. The normalized spacial score (nSPS) is 54.7. The number of hydrogen-bond acceptors (Lipinski definition) is 3. The molecular weight excluding hydrogens is 328 g/mol. The van der Waals surface area contributed by atoms with E-state index in [0.717, 1.165) is 38.5 Å². The average molecular weight is 365 g/mol. The van der Waals surface area contributed by atoms with Gasteiger partial charge >= 0.3 is 5.97 Å². The first-order chi connectivity index (χ1) is 12.2. The van der Waals surface area contributed by atoms with Gasteiger partial charge in [-0.3, -0.25) is 4.79 Å². The van der Waals surface area contributed by atoms with Crippen molar-refractivity contribution in [1.29, 1.82) is 0 Å². The van der Waals surface area contributed by atoms with Crippen LogP contribution in [0.3, 0.4) is 0 Å². The first-order valence-electron chi connectivity index (χ1n) is 10.8. The molecule has 0 aromatic carbocycles. The third kappa shape index (κ3) is 2.44. The summed E-state index contributed by atoms with van der Waals surface area (Å²) in [6.07, 6.45) is 7.57. The van der Waals surface area contributed by atoms with Crippen molar-refractivity contribution in [2.75, 3.05) is 0 Å². The molecule has 0 aliphatic heterocycles. The minimum atomic E-state index is -0.719. The van der Waals surface area contributed by atoms with Crippen LogP contribution in [0.2, 0.25) is 0 Å². The summed E-state index contributed by atoms with van der Waals surface area (Å²) < 4.78 is 0. The number of carboxylic acids is 1. The maximum atomic E-state index is 11.7. The molecule has 0 heterocycles. The summed E-state index contributed by atoms with van der Waals surface area (Å²) in [5.74, 6) is 1.16. The summed E-state index contributed by atoms with van der Waals surface area (Å²) in [5.41, 5.74) is -0.0166. The second kappa shape index (κ2) is 6.20. The molecule has 0 aromatic heterocycles. The first-order valence-corrected chi connectivity index (χ1v) is 10.8. The van der Waals surface area contributed by atoms with E-state index in [1.165, 1.54) is 12.8 Å². The summed E-state index contributed by atoms with van der Waals surface area (Å²) >= 11 is 0. The molecule has 4 rings (SSSR count). The fourth-order valence-corrected chi connectivity index (χ4v) is 8.22. The van der Waals surface area contributed by atoms with Gasteiger partial charge in [0, 0.05) is 5.41 Å². The SMILES string of the molecule is C[C@H](C(=O)O)[C@@H]1CC[C@@H]2[C@@H]3CC[C@@H]4C[C@H](O)CC[C@]4(C)[C@H]3C[C@H](O)[C@]21C. The number of rotatable bonds is 2. The van der Waals surface area contributed by atoms with E-state index < -0.39 is 12.1 Å². The van der Waals surface area contributed by atoms with Gasteiger partial charge in [-0.15, -0.1) is 0 Å². The molecule has 4 nitrogen and oxygen atoms in total. The summed E-state index contributed by atoms with van der Waals surface area (Å²) in [6, 6.07) is 0. The number of fused-ring (bicyclic) bond motifs is 5. The Labute approximate surface area is 157 Å². The molecular formula is C22H36O4. The molecule has 0 saturated heterocycles. The van der Waals surface area contributed by atoms with Crippen molar-refractivity contribution in [3.8, 4) is 0 Å². The molecule has 4 heteroatoms. The van der Waals surface area contributed by atoms with Gasteiger partial charge < -0.3 is 15.3 Å². The monoisotopic (exact) mass is 364 g/mol. The minimum absolute atomic E-state index is 0.0830. The lowest BCUT2D eigenvalue weighted by atomic mass is 9.43. The Bertz CT molecular complexity index is 576. The van der Waals surface area contributed by atoms with E-state index in [2.05, 4.69) is 13.8 Å². The van der Waals surface area contributed by atoms with Crippen LogP contribution in [0, 0.1) is 46.3 Å². The third-order valence-electron chi connectivity index (χ3n) is 9.81. The van der Waals surface area contributed by atoms with E-state index in [0.29, 0.717) is 23.7 Å². The van der Waals surface area contributed by atoms with Gasteiger partial charge in [-0.1, -0.05) is 20.8 Å². The van der Waals surface area contributed by atoms with Gasteiger partial charge in [-0.05, 0) is 86.4 Å². The van der Waals surface area contributed by atoms with Crippen molar-refractivity contribution in [3.05, 3.63) is 0 Å². The second-order valence-corrected chi connectivity index (χ2v) is 10.5. The Balaban J connectivity index is 1.64. The van der Waals surface area contributed by atoms with E-state index in [9.17, 15) is 20.1 Å². The number of carboxylic acid groups (broad SMARTS) is 1. The predicted octanol–water partition coefficient (Wildman–Crippen LogP) is 3.70. The Morgan fingerprint density at radius 3 is 2.42 bits per heavy atom. The molecule has 0 unspecified atom stereocenters. The highest BCUT2D eigenvalue weighted by Gasteiger charge is 2.64. The van der Waals surface area contributed by atoms with Gasteiger partial charge in [-0.2, -0.15) is 0 Å². The molecule has 0 radical (unpaired) electrons. The molecule has 0 amide bonds. The zero-order valence-corrected chi connectivity index (χ0v) is 16.5. The average Bonchev–Trinajstić information content (AvgIpc) is 2.94. The molecule has 3 N–H and O–H groups in total. The highest BCUT2D eigenvalue weighted by atomic mass is 16.4. The molecule has 0 spiro atoms. The zero-order valence-electron chi connectivity index (χ0n) is 16.5. The molecule has 148 valence electrons. The lowest BCUT2D eigenvalue weighted by Crippen LogP contribution is -2.59. The van der Waals surface area contributed by atoms with E-state index in [1.807, 2.05) is 6.92 Å². The molecule has 4 fully saturated rings. The van der Waals surface area contributed by atoms with Crippen LogP contribution in [0.1, 0.15) is 72.1 Å². The summed E-state index contributed by atoms with van der Waals surface area (Å²) in [6.45, 7) is 6.44. The number of aliphatic carboxylic acids is 1. The Hall–Kier alpha value is -0.610. The van der Waals surface area contributed by atoms with E-state index in [1.54, 1.807) is 0 Å². The quantitative estimate of drug-likeness (QED) is 0.698. The minimum Gasteiger partial charge on any atom is -0.481 e. The summed E-state index contributed by atoms with van der Waals surface area (Å²) in [4.78, 5) is 11.7. The van der Waals surface area contributed by atoms with E-state index in [-0.39, 0.29) is 28.8 Å². The van der Waals surface area contributed by atoms with Crippen molar-refractivity contribution < 1.29 is 20.1 Å². The van der Waals surface area contributed by atoms with Gasteiger partial charge in [0.2, 0.25) is 0 Å². The van der Waals surface area contributed by atoms with E-state index in [4.69, 9.17) is 0 Å². The van der Waals surface area contributed by atoms with Crippen LogP contribution in [0.25, 0.3) is 0 Å². The van der Waals surface area contributed by atoms with Crippen molar-refractivity contribution in [2.24, 2.45) is 46.3 Å². The predicted molar refractivity (Wildman–Crippen MR) is 99.4 cm³/mol. The van der Waals surface area contributed by atoms with Gasteiger partial charge in [0.25, 0.3) is 0 Å². The molecule has 4 saturated carbocycles. The zero-order chi connectivity index (χ0) is 18.9. The molecule has 0 aromatic rings. The largest absolute Gasteiger partial charge is 0.481 e. The topological polar surface area (TPSA) is 77.8 Å². The first kappa shape index (κ1) is 18.7. The van der Waals surface area contributed by atoms with Crippen molar-refractivity contribution >= 4 is 5.97 Å². The number of hydrogen-bond donors (Lipinski definition) is 3. The second-order valence-electron chi connectivity index (χ2n) is 10.5. The fourth-order valence-electron chi connectivity index (χ4n) is 8.22. The lowest BCUT2D eigenvalue weighted by Gasteiger charge is -2.62. The van der Waals surface area contributed by atoms with Crippen LogP contribution in [0.5, 0.6) is 0 Å². The van der Waals surface area contributed by atoms with Crippen LogP contribution >= 0.6 is 0 Å². The van der Waals surface area contributed by atoms with Crippen LogP contribution in [-0.2, 0) is 4.79 Å². The number of carbonyl (C=O) groups is 1. The van der Waals surface area contributed by atoms with Crippen LogP contribution in [0.4, 0.5) is 0 Å². The van der Waals surface area contributed by atoms with Crippen molar-refractivity contribution in [2.45, 2.75) is 84.3 Å². The Kier molecular flexibility index (Phi) is 4.47. The third-order valence-corrected chi connectivity index (χ3v) is 9.81. The smallest absolute Gasteiger partial charge is 0.306 e. The number of aliphatic hydroxyl groups excluding tert-OH is 2. The molecule has 26 heavy (non-hydrogen) atoms. The Morgan fingerprint density at radius 2 is 1.73 bits per heavy atom. The summed E-state index contributed by atoms with van der Waals surface area (Å²) in [7, 11) is 0. The van der Waals surface area contributed by atoms with Gasteiger partial charge in [-0.25, -0.2) is 0 Å². The maximum absolute atomic E-state index is 11.7. The van der Waals surface area contributed by atoms with Crippen LogP contribution in [0.15, 0.2) is 0 Å². The van der Waals surface area contributed by atoms with Crippen LogP contribution < -0.4 is 0 Å². The Morgan fingerprint density at radius 1 is 1.00 bits per heavy atom. The van der Waals surface area contributed by atoms with Crippen LogP contribution in [-0.4, -0.2) is 33.5 Å². The molecule has 4 aliphatic carbocycles. The van der Waals surface area contributed by atoms with E-state index >= 15 is 0 Å². The molecule has 0 bridgehead atoms. The van der Waals surface area contributed by atoms with Gasteiger partial charge in [0.05, 0.1) is 18.1 Å². The summed E-state index contributed by atoms with van der Waals surface area (Å²) in [5, 5.41) is 31.0. The van der Waals surface area contributed by atoms with Gasteiger partial charge in [0.15, 0.2) is 0 Å². The van der Waals surface area contributed by atoms with Crippen molar-refractivity contribution in [3.63, 3.8) is 0 Å². The molecule has 4 aliphatic rings. The number of aliphatic hydroxyl groups is 2. The standard InChI is InChI=1S/C22H36O4/c1-12(20(25)26)16-6-7-17-15-5-4-13-10-14(23)8-9-21(13,2)18(15)11-19(24)22(16,17)3/h12-19,23-24H,4-11H2,1-3H3,(H,25,26)/t12-,13+,14+,15-,16-,17+,18-,19-,21-,22-/m0/s1. The molecule has 10 atom stereocenters. The van der Waals surface area contributed by atoms with Crippen molar-refractivity contribution in [1.82, 2.24) is 0 Å². The maximum Gasteiger partial charge on any atom is 0.306 e.